The summed E-state index contributed by atoms with van der Waals surface area (Å²) in [5.41, 5.74) is -0.661. The molecule has 0 fully saturated rings. The van der Waals surface area contributed by atoms with Crippen molar-refractivity contribution in [2.45, 2.75) is 25.4 Å². The average molecular weight is 313 g/mol. The lowest BCUT2D eigenvalue weighted by Crippen LogP contribution is -2.32. The Labute approximate surface area is 134 Å². The van der Waals surface area contributed by atoms with Gasteiger partial charge in [0.2, 0.25) is 0 Å². The van der Waals surface area contributed by atoms with E-state index in [1.807, 2.05) is 6.07 Å². The van der Waals surface area contributed by atoms with Crippen LogP contribution in [0.1, 0.15) is 31.0 Å². The number of hydrogen-bond acceptors (Lipinski definition) is 5. The average Bonchev–Trinajstić information content (AvgIpc) is 2.56. The number of Topliss-reactive ketones (excluding diaryl/α,β-unsaturated/α-hetero) is 1. The molecule has 0 bridgehead atoms. The molecule has 0 spiro atoms. The minimum Gasteiger partial charge on any atom is -0.466 e. The van der Waals surface area contributed by atoms with Gasteiger partial charge in [0.25, 0.3) is 0 Å². The molecule has 0 amide bonds. The van der Waals surface area contributed by atoms with Crippen LogP contribution >= 0.6 is 0 Å². The number of aromatic nitrogens is 1. The normalized spacial score (nSPS) is 13.1. The molecule has 5 nitrogen and oxygen atoms in total. The third kappa shape index (κ3) is 4.23. The maximum Gasteiger partial charge on any atom is 0.313 e. The van der Waals surface area contributed by atoms with E-state index in [1.54, 1.807) is 55.6 Å². The highest BCUT2D eigenvalue weighted by molar-refractivity contribution is 5.96. The third-order valence-electron chi connectivity index (χ3n) is 3.44. The van der Waals surface area contributed by atoms with Gasteiger partial charge < -0.3 is 9.84 Å². The van der Waals surface area contributed by atoms with E-state index in [0.717, 1.165) is 0 Å². The van der Waals surface area contributed by atoms with E-state index in [0.29, 0.717) is 11.3 Å². The maximum atomic E-state index is 12.2. The van der Waals surface area contributed by atoms with E-state index in [9.17, 15) is 14.7 Å². The molecule has 2 aromatic rings. The molecule has 0 aliphatic rings. The van der Waals surface area contributed by atoms with Crippen molar-refractivity contribution in [1.29, 1.82) is 0 Å². The number of pyridine rings is 1. The van der Waals surface area contributed by atoms with E-state index >= 15 is 0 Å². The molecule has 1 unspecified atom stereocenters. The lowest BCUT2D eigenvalue weighted by atomic mass is 9.84. The summed E-state index contributed by atoms with van der Waals surface area (Å²) in [4.78, 5) is 27.9. The Morgan fingerprint density at radius 1 is 1.13 bits per heavy atom. The van der Waals surface area contributed by atoms with Gasteiger partial charge in [-0.15, -0.1) is 0 Å². The van der Waals surface area contributed by atoms with Crippen LogP contribution in [0.15, 0.2) is 54.7 Å². The van der Waals surface area contributed by atoms with Crippen LogP contribution in [0.2, 0.25) is 0 Å². The van der Waals surface area contributed by atoms with Crippen molar-refractivity contribution in [2.75, 3.05) is 6.61 Å². The Kier molecular flexibility index (Phi) is 5.60. The molecule has 120 valence electrons. The van der Waals surface area contributed by atoms with Crippen LogP contribution < -0.4 is 0 Å². The summed E-state index contributed by atoms with van der Waals surface area (Å²) in [7, 11) is 0. The monoisotopic (exact) mass is 313 g/mol. The summed E-state index contributed by atoms with van der Waals surface area (Å²) >= 11 is 0. The summed E-state index contributed by atoms with van der Waals surface area (Å²) in [5, 5.41) is 11.1. The van der Waals surface area contributed by atoms with Crippen LogP contribution in [-0.2, 0) is 19.9 Å². The van der Waals surface area contributed by atoms with Crippen LogP contribution in [0.25, 0.3) is 0 Å². The molecule has 2 rings (SSSR count). The number of hydrogen-bond donors (Lipinski definition) is 1. The molecular formula is C18H19NO4. The van der Waals surface area contributed by atoms with Crippen molar-refractivity contribution >= 4 is 11.8 Å². The topological polar surface area (TPSA) is 76.5 Å². The van der Waals surface area contributed by atoms with Gasteiger partial charge in [0.1, 0.15) is 17.8 Å². The Morgan fingerprint density at radius 3 is 2.43 bits per heavy atom. The van der Waals surface area contributed by atoms with Gasteiger partial charge in [-0.1, -0.05) is 36.4 Å². The van der Waals surface area contributed by atoms with Crippen molar-refractivity contribution in [3.63, 3.8) is 0 Å². The largest absolute Gasteiger partial charge is 0.466 e. The van der Waals surface area contributed by atoms with Crippen LogP contribution in [0, 0.1) is 0 Å². The SMILES string of the molecule is CCOC(=O)CC(=O)CC(O)(c1ccccc1)c1ccccn1. The zero-order valence-electron chi connectivity index (χ0n) is 12.9. The molecule has 1 aromatic carbocycles. The molecule has 0 saturated heterocycles. The first-order valence-corrected chi connectivity index (χ1v) is 7.43. The number of carbonyl (C=O) groups is 2. The van der Waals surface area contributed by atoms with Gasteiger partial charge in [0.05, 0.1) is 12.3 Å². The second kappa shape index (κ2) is 7.65. The maximum absolute atomic E-state index is 12.2. The van der Waals surface area contributed by atoms with E-state index in [-0.39, 0.29) is 19.4 Å². The Balaban J connectivity index is 2.29. The number of nitrogens with zero attached hydrogens (tertiary/aromatic N) is 1. The lowest BCUT2D eigenvalue weighted by molar-refractivity contribution is -0.146. The Morgan fingerprint density at radius 2 is 1.83 bits per heavy atom. The molecule has 0 radical (unpaired) electrons. The van der Waals surface area contributed by atoms with Crippen LogP contribution in [0.5, 0.6) is 0 Å². The van der Waals surface area contributed by atoms with Gasteiger partial charge in [-0.2, -0.15) is 0 Å². The smallest absolute Gasteiger partial charge is 0.313 e. The highest BCUT2D eigenvalue weighted by atomic mass is 16.5. The first-order valence-electron chi connectivity index (χ1n) is 7.43. The number of aliphatic hydroxyl groups is 1. The van der Waals surface area contributed by atoms with Crippen molar-refractivity contribution < 1.29 is 19.4 Å². The number of ether oxygens (including phenoxy) is 1. The van der Waals surface area contributed by atoms with Crippen molar-refractivity contribution in [2.24, 2.45) is 0 Å². The number of esters is 1. The molecule has 0 saturated carbocycles. The molecule has 23 heavy (non-hydrogen) atoms. The lowest BCUT2D eigenvalue weighted by Gasteiger charge is -2.27. The van der Waals surface area contributed by atoms with Gasteiger partial charge in [-0.25, -0.2) is 0 Å². The van der Waals surface area contributed by atoms with Gasteiger partial charge >= 0.3 is 5.97 Å². The molecule has 1 N–H and O–H groups in total. The highest BCUT2D eigenvalue weighted by Gasteiger charge is 2.35. The van der Waals surface area contributed by atoms with Gasteiger partial charge in [0, 0.05) is 12.6 Å². The summed E-state index contributed by atoms with van der Waals surface area (Å²) in [6.45, 7) is 1.89. The van der Waals surface area contributed by atoms with E-state index in [1.165, 1.54) is 0 Å². The van der Waals surface area contributed by atoms with Gasteiger partial charge in [-0.05, 0) is 24.6 Å². The second-order valence-corrected chi connectivity index (χ2v) is 5.14. The summed E-state index contributed by atoms with van der Waals surface area (Å²) in [6.07, 6.45) is 0.946. The molecule has 1 atom stereocenters. The minimum absolute atomic E-state index is 0.218. The van der Waals surface area contributed by atoms with Crippen molar-refractivity contribution in [3.05, 3.63) is 66.0 Å². The molecule has 1 aromatic heterocycles. The fourth-order valence-corrected chi connectivity index (χ4v) is 2.38. The first kappa shape index (κ1) is 16.8. The van der Waals surface area contributed by atoms with Gasteiger partial charge in [0.15, 0.2) is 0 Å². The fraction of sp³-hybridized carbons (Fsp3) is 0.278. The molecule has 0 aliphatic carbocycles. The summed E-state index contributed by atoms with van der Waals surface area (Å²) < 4.78 is 4.78. The van der Waals surface area contributed by atoms with E-state index in [2.05, 4.69) is 4.98 Å². The predicted octanol–water partition coefficient (Wildman–Crippen LogP) is 2.23. The Bertz CT molecular complexity index is 616. The summed E-state index contributed by atoms with van der Waals surface area (Å²) in [5.74, 6) is -0.991. The zero-order chi connectivity index (χ0) is 16.7. The zero-order valence-corrected chi connectivity index (χ0v) is 12.9. The highest BCUT2D eigenvalue weighted by Crippen LogP contribution is 2.32. The first-order chi connectivity index (χ1) is 11.1. The van der Waals surface area contributed by atoms with Crippen LogP contribution in [0.3, 0.4) is 0 Å². The third-order valence-corrected chi connectivity index (χ3v) is 3.44. The number of ketones is 1. The van der Waals surface area contributed by atoms with Crippen molar-refractivity contribution in [1.82, 2.24) is 4.98 Å². The Hall–Kier alpha value is -2.53. The fourth-order valence-electron chi connectivity index (χ4n) is 2.38. The quantitative estimate of drug-likeness (QED) is 0.626. The van der Waals surface area contributed by atoms with Crippen LogP contribution in [0.4, 0.5) is 0 Å². The minimum atomic E-state index is -1.58. The molecular weight excluding hydrogens is 294 g/mol. The number of rotatable bonds is 7. The molecule has 0 aliphatic heterocycles. The standard InChI is InChI=1S/C18H19NO4/c1-2-23-17(21)12-15(20)13-18(22,14-8-4-3-5-9-14)16-10-6-7-11-19-16/h3-11,22H,2,12-13H2,1H3. The number of benzene rings is 1. The summed E-state index contributed by atoms with van der Waals surface area (Å²) in [6, 6.07) is 14.0. The molecule has 1 heterocycles. The van der Waals surface area contributed by atoms with Crippen molar-refractivity contribution in [3.8, 4) is 0 Å². The number of carbonyl (C=O) groups excluding carboxylic acids is 2. The van der Waals surface area contributed by atoms with Crippen LogP contribution in [-0.4, -0.2) is 28.4 Å². The molecule has 5 heteroatoms. The predicted molar refractivity (Wildman–Crippen MR) is 84.6 cm³/mol. The second-order valence-electron chi connectivity index (χ2n) is 5.14. The van der Waals surface area contributed by atoms with E-state index < -0.39 is 17.4 Å². The van der Waals surface area contributed by atoms with E-state index in [4.69, 9.17) is 4.74 Å². The van der Waals surface area contributed by atoms with Gasteiger partial charge in [-0.3, -0.25) is 14.6 Å².